The zero-order valence-electron chi connectivity index (χ0n) is 11.4. The molecule has 0 aliphatic rings. The number of ether oxygens (including phenoxy) is 1. The molecule has 2 unspecified atom stereocenters. The quantitative estimate of drug-likeness (QED) is 0.475. The van der Waals surface area contributed by atoms with Crippen molar-refractivity contribution >= 4 is 11.6 Å². The minimum atomic E-state index is -2.41. The highest BCUT2D eigenvalue weighted by atomic mass is 35.5. The van der Waals surface area contributed by atoms with E-state index in [2.05, 4.69) is 26.0 Å². The van der Waals surface area contributed by atoms with Gasteiger partial charge < -0.3 is 4.74 Å². The van der Waals surface area contributed by atoms with Gasteiger partial charge in [0.25, 0.3) is 6.43 Å². The number of rotatable bonds is 8. The standard InChI is InChI=1S/C15H21ClF2O/c1-3-11(2)12-4-6-13(7-5-12)14(16)8-9-19-10-15(17)18/h4-7,11,14-15H,3,8-10H2,1-2H3. The van der Waals surface area contributed by atoms with Crippen LogP contribution in [-0.2, 0) is 4.74 Å². The Labute approximate surface area is 118 Å². The van der Waals surface area contributed by atoms with E-state index in [0.717, 1.165) is 12.0 Å². The molecule has 0 saturated heterocycles. The lowest BCUT2D eigenvalue weighted by Gasteiger charge is -2.13. The highest BCUT2D eigenvalue weighted by molar-refractivity contribution is 6.20. The molecule has 0 bridgehead atoms. The van der Waals surface area contributed by atoms with Gasteiger partial charge in [0, 0.05) is 6.61 Å². The highest BCUT2D eigenvalue weighted by Gasteiger charge is 2.10. The molecule has 0 spiro atoms. The van der Waals surface area contributed by atoms with E-state index in [4.69, 9.17) is 16.3 Å². The topological polar surface area (TPSA) is 9.23 Å². The Morgan fingerprint density at radius 2 is 1.74 bits per heavy atom. The summed E-state index contributed by atoms with van der Waals surface area (Å²) < 4.78 is 28.6. The first kappa shape index (κ1) is 16.4. The number of halogens is 3. The first-order chi connectivity index (χ1) is 9.04. The molecule has 0 saturated carbocycles. The maximum atomic E-state index is 11.9. The number of alkyl halides is 3. The molecule has 4 heteroatoms. The van der Waals surface area contributed by atoms with Gasteiger partial charge in [-0.05, 0) is 29.9 Å². The molecule has 0 N–H and O–H groups in total. The van der Waals surface area contributed by atoms with E-state index in [1.807, 2.05) is 12.1 Å². The molecule has 0 aliphatic heterocycles. The van der Waals surface area contributed by atoms with Crippen molar-refractivity contribution in [3.8, 4) is 0 Å². The van der Waals surface area contributed by atoms with Crippen LogP contribution >= 0.6 is 11.6 Å². The fourth-order valence-corrected chi connectivity index (χ4v) is 2.03. The largest absolute Gasteiger partial charge is 0.375 e. The summed E-state index contributed by atoms with van der Waals surface area (Å²) in [6.07, 6.45) is -0.772. The molecule has 0 aromatic heterocycles. The van der Waals surface area contributed by atoms with Crippen LogP contribution in [0.1, 0.15) is 49.1 Å². The molecule has 2 atom stereocenters. The Balaban J connectivity index is 2.42. The first-order valence-electron chi connectivity index (χ1n) is 6.64. The van der Waals surface area contributed by atoms with Gasteiger partial charge in [-0.25, -0.2) is 8.78 Å². The van der Waals surface area contributed by atoms with Crippen LogP contribution in [0.5, 0.6) is 0 Å². The van der Waals surface area contributed by atoms with Crippen molar-refractivity contribution in [3.05, 3.63) is 35.4 Å². The lowest BCUT2D eigenvalue weighted by atomic mass is 9.97. The van der Waals surface area contributed by atoms with Gasteiger partial charge in [-0.2, -0.15) is 0 Å². The maximum absolute atomic E-state index is 11.9. The van der Waals surface area contributed by atoms with Crippen molar-refractivity contribution in [2.75, 3.05) is 13.2 Å². The third-order valence-corrected chi connectivity index (χ3v) is 3.71. The van der Waals surface area contributed by atoms with E-state index in [1.54, 1.807) is 0 Å². The van der Waals surface area contributed by atoms with E-state index in [0.29, 0.717) is 12.3 Å². The zero-order valence-corrected chi connectivity index (χ0v) is 12.2. The second kappa shape index (κ2) is 8.49. The Hall–Kier alpha value is -0.670. The molecule has 0 amide bonds. The summed E-state index contributed by atoms with van der Waals surface area (Å²) in [6, 6.07) is 8.18. The summed E-state index contributed by atoms with van der Waals surface area (Å²) in [5.74, 6) is 0.539. The van der Waals surface area contributed by atoms with Crippen LogP contribution in [0.3, 0.4) is 0 Å². The van der Waals surface area contributed by atoms with Crippen molar-refractivity contribution in [3.63, 3.8) is 0 Å². The molecular weight excluding hydrogens is 270 g/mol. The van der Waals surface area contributed by atoms with Crippen molar-refractivity contribution in [2.24, 2.45) is 0 Å². The molecular formula is C15H21ClF2O. The summed E-state index contributed by atoms with van der Waals surface area (Å²) in [7, 11) is 0. The smallest absolute Gasteiger partial charge is 0.261 e. The highest BCUT2D eigenvalue weighted by Crippen LogP contribution is 2.26. The van der Waals surface area contributed by atoms with Gasteiger partial charge in [0.15, 0.2) is 0 Å². The van der Waals surface area contributed by atoms with Gasteiger partial charge in [-0.3, -0.25) is 0 Å². The fraction of sp³-hybridized carbons (Fsp3) is 0.600. The van der Waals surface area contributed by atoms with Crippen LogP contribution in [0.15, 0.2) is 24.3 Å². The lowest BCUT2D eigenvalue weighted by molar-refractivity contribution is 0.0165. The monoisotopic (exact) mass is 290 g/mol. The molecule has 1 rings (SSSR count). The van der Waals surface area contributed by atoms with Gasteiger partial charge in [-0.1, -0.05) is 38.1 Å². The van der Waals surface area contributed by atoms with Crippen molar-refractivity contribution < 1.29 is 13.5 Å². The molecule has 108 valence electrons. The number of benzene rings is 1. The number of hydrogen-bond acceptors (Lipinski definition) is 1. The molecule has 0 radical (unpaired) electrons. The van der Waals surface area contributed by atoms with E-state index < -0.39 is 13.0 Å². The third kappa shape index (κ3) is 5.87. The van der Waals surface area contributed by atoms with Gasteiger partial charge in [0.05, 0.1) is 5.38 Å². The minimum Gasteiger partial charge on any atom is -0.375 e. The van der Waals surface area contributed by atoms with E-state index in [9.17, 15) is 8.78 Å². The Bertz CT molecular complexity index is 354. The second-order valence-electron chi connectivity index (χ2n) is 4.70. The molecule has 0 heterocycles. The van der Waals surface area contributed by atoms with Crippen LogP contribution in [-0.4, -0.2) is 19.6 Å². The summed E-state index contributed by atoms with van der Waals surface area (Å²) in [4.78, 5) is 0. The summed E-state index contributed by atoms with van der Waals surface area (Å²) in [6.45, 7) is 4.08. The molecule has 0 fully saturated rings. The Kier molecular flexibility index (Phi) is 7.32. The molecule has 1 aromatic carbocycles. The average Bonchev–Trinajstić information content (AvgIpc) is 2.42. The van der Waals surface area contributed by atoms with Crippen molar-refractivity contribution in [1.82, 2.24) is 0 Å². The van der Waals surface area contributed by atoms with Crippen LogP contribution < -0.4 is 0 Å². The molecule has 1 nitrogen and oxygen atoms in total. The van der Waals surface area contributed by atoms with E-state index >= 15 is 0 Å². The van der Waals surface area contributed by atoms with Crippen molar-refractivity contribution in [2.45, 2.75) is 44.4 Å². The first-order valence-corrected chi connectivity index (χ1v) is 7.08. The van der Waals surface area contributed by atoms with E-state index in [1.165, 1.54) is 5.56 Å². The predicted octanol–water partition coefficient (Wildman–Crippen LogP) is 5.15. The van der Waals surface area contributed by atoms with Crippen LogP contribution in [0.4, 0.5) is 8.78 Å². The summed E-state index contributed by atoms with van der Waals surface area (Å²) in [5.41, 5.74) is 2.30. The fourth-order valence-electron chi connectivity index (χ4n) is 1.79. The maximum Gasteiger partial charge on any atom is 0.261 e. The average molecular weight is 291 g/mol. The zero-order chi connectivity index (χ0) is 14.3. The van der Waals surface area contributed by atoms with E-state index in [-0.39, 0.29) is 12.0 Å². The minimum absolute atomic E-state index is 0.191. The lowest BCUT2D eigenvalue weighted by Crippen LogP contribution is -2.07. The third-order valence-electron chi connectivity index (χ3n) is 3.24. The Morgan fingerprint density at radius 1 is 1.16 bits per heavy atom. The molecule has 1 aromatic rings. The van der Waals surface area contributed by atoms with Gasteiger partial charge >= 0.3 is 0 Å². The van der Waals surface area contributed by atoms with Crippen LogP contribution in [0.2, 0.25) is 0 Å². The molecule has 19 heavy (non-hydrogen) atoms. The Morgan fingerprint density at radius 3 is 2.26 bits per heavy atom. The predicted molar refractivity (Wildman–Crippen MR) is 75.2 cm³/mol. The van der Waals surface area contributed by atoms with Crippen molar-refractivity contribution in [1.29, 1.82) is 0 Å². The van der Waals surface area contributed by atoms with Gasteiger partial charge in [-0.15, -0.1) is 11.6 Å². The number of hydrogen-bond donors (Lipinski definition) is 0. The van der Waals surface area contributed by atoms with Gasteiger partial charge in [0.1, 0.15) is 6.61 Å². The molecule has 0 aliphatic carbocycles. The van der Waals surface area contributed by atoms with Gasteiger partial charge in [0.2, 0.25) is 0 Å². The SMILES string of the molecule is CCC(C)c1ccc(C(Cl)CCOCC(F)F)cc1. The summed E-state index contributed by atoms with van der Waals surface area (Å²) in [5, 5.41) is -0.191. The van der Waals surface area contributed by atoms with Crippen LogP contribution in [0.25, 0.3) is 0 Å². The summed E-state index contributed by atoms with van der Waals surface area (Å²) >= 11 is 6.22. The van der Waals surface area contributed by atoms with Crippen LogP contribution in [0, 0.1) is 0 Å². The normalized spacial score (nSPS) is 14.6. The second-order valence-corrected chi connectivity index (χ2v) is 5.22.